The lowest BCUT2D eigenvalue weighted by atomic mass is 9.77. The molecule has 0 aromatic heterocycles. The van der Waals surface area contributed by atoms with Gasteiger partial charge in [-0.2, -0.15) is 0 Å². The second-order valence-electron chi connectivity index (χ2n) is 6.87. The molecule has 0 radical (unpaired) electrons. The predicted molar refractivity (Wildman–Crippen MR) is 83.7 cm³/mol. The van der Waals surface area contributed by atoms with Crippen LogP contribution in [-0.2, 0) is 9.31 Å². The third-order valence-electron chi connectivity index (χ3n) is 4.33. The summed E-state index contributed by atoms with van der Waals surface area (Å²) in [6, 6.07) is 2.40. The van der Waals surface area contributed by atoms with Crippen LogP contribution in [0.3, 0.4) is 0 Å². The molecule has 2 rings (SSSR count). The molecule has 1 heterocycles. The normalized spacial score (nSPS) is 19.5. The number of aryl methyl sites for hydroxylation is 1. The molecule has 0 atom stereocenters. The second kappa shape index (κ2) is 5.78. The molecule has 0 bridgehead atoms. The zero-order valence-electron chi connectivity index (χ0n) is 14.2. The first-order valence-corrected chi connectivity index (χ1v) is 7.39. The van der Waals surface area contributed by atoms with Crippen molar-refractivity contribution in [3.8, 4) is 0 Å². The van der Waals surface area contributed by atoms with Gasteiger partial charge in [-0.05, 0) is 52.3 Å². The van der Waals surface area contributed by atoms with Crippen LogP contribution < -0.4 is 10.8 Å². The number of halogens is 1. The molecular formula is C15H21BFNO6. The van der Waals surface area contributed by atoms with Gasteiger partial charge >= 0.3 is 13.2 Å². The van der Waals surface area contributed by atoms with Gasteiger partial charge in [0.15, 0.2) is 0 Å². The summed E-state index contributed by atoms with van der Waals surface area (Å²) in [7, 11) is -1.02. The van der Waals surface area contributed by atoms with Crippen molar-refractivity contribution in [2.24, 2.45) is 0 Å². The Balaban J connectivity index is 2.40. The standard InChI is InChI=1S/C15H21BFNO6/c1-8-6-9(12(19)18-15(20,21)22)7-10(11(8)17)16-23-13(2,3)14(4,5)24-16/h6-7,20-22H,1-5H3,(H,18,19). The third kappa shape index (κ3) is 3.60. The monoisotopic (exact) mass is 341 g/mol. The number of hydrogen-bond donors (Lipinski definition) is 4. The number of rotatable bonds is 3. The zero-order valence-corrected chi connectivity index (χ0v) is 14.2. The molecule has 24 heavy (non-hydrogen) atoms. The molecule has 132 valence electrons. The Bertz CT molecular complexity index is 655. The molecule has 4 N–H and O–H groups in total. The molecule has 0 unspecified atom stereocenters. The maximum Gasteiger partial charge on any atom is 0.497 e. The van der Waals surface area contributed by atoms with Crippen molar-refractivity contribution < 1.29 is 33.8 Å². The number of carbonyl (C=O) groups excluding carboxylic acids is 1. The number of benzene rings is 1. The van der Waals surface area contributed by atoms with E-state index in [9.17, 15) is 9.18 Å². The van der Waals surface area contributed by atoms with E-state index in [1.54, 1.807) is 5.32 Å². The Morgan fingerprint density at radius 1 is 1.17 bits per heavy atom. The van der Waals surface area contributed by atoms with Crippen LogP contribution in [-0.4, -0.2) is 45.6 Å². The molecule has 9 heteroatoms. The molecule has 1 amide bonds. The maximum atomic E-state index is 14.5. The van der Waals surface area contributed by atoms with E-state index in [2.05, 4.69) is 0 Å². The molecule has 0 saturated carbocycles. The Morgan fingerprint density at radius 3 is 2.12 bits per heavy atom. The molecule has 0 spiro atoms. The van der Waals surface area contributed by atoms with Gasteiger partial charge in [-0.15, -0.1) is 0 Å². The minimum Gasteiger partial charge on any atom is -0.399 e. The predicted octanol–water partition coefficient (Wildman–Crippen LogP) is -0.249. The van der Waals surface area contributed by atoms with Crippen LogP contribution in [0.25, 0.3) is 0 Å². The summed E-state index contributed by atoms with van der Waals surface area (Å²) in [5.41, 5.74) is -1.30. The molecule has 1 aromatic rings. The Morgan fingerprint density at radius 2 is 1.67 bits per heavy atom. The first kappa shape index (κ1) is 18.8. The smallest absolute Gasteiger partial charge is 0.399 e. The van der Waals surface area contributed by atoms with E-state index in [1.807, 2.05) is 27.7 Å². The molecule has 1 aliphatic rings. The van der Waals surface area contributed by atoms with Crippen molar-refractivity contribution in [3.05, 3.63) is 29.1 Å². The van der Waals surface area contributed by atoms with Gasteiger partial charge in [-0.25, -0.2) is 4.39 Å². The van der Waals surface area contributed by atoms with E-state index in [4.69, 9.17) is 24.6 Å². The van der Waals surface area contributed by atoms with E-state index < -0.39 is 36.1 Å². The van der Waals surface area contributed by atoms with Crippen LogP contribution in [0, 0.1) is 12.7 Å². The summed E-state index contributed by atoms with van der Waals surface area (Å²) in [4.78, 5) is 12.0. The summed E-state index contributed by atoms with van der Waals surface area (Å²) >= 11 is 0. The lowest BCUT2D eigenvalue weighted by Gasteiger charge is -2.32. The molecule has 1 fully saturated rings. The first-order chi connectivity index (χ1) is 10.7. The van der Waals surface area contributed by atoms with Crippen LogP contribution in [0.15, 0.2) is 12.1 Å². The van der Waals surface area contributed by atoms with Gasteiger partial charge in [-0.3, -0.25) is 10.1 Å². The topological polar surface area (TPSA) is 108 Å². The van der Waals surface area contributed by atoms with Crippen LogP contribution in [0.2, 0.25) is 0 Å². The largest absolute Gasteiger partial charge is 0.497 e. The number of aliphatic hydroxyl groups is 3. The lowest BCUT2D eigenvalue weighted by Crippen LogP contribution is -2.48. The summed E-state index contributed by atoms with van der Waals surface area (Å²) in [5.74, 6) is -1.59. The van der Waals surface area contributed by atoms with E-state index >= 15 is 0 Å². The number of amides is 1. The minimum absolute atomic E-state index is 0.0122. The highest BCUT2D eigenvalue weighted by molar-refractivity contribution is 6.62. The van der Waals surface area contributed by atoms with Crippen LogP contribution in [0.5, 0.6) is 0 Å². The van der Waals surface area contributed by atoms with Crippen molar-refractivity contribution in [1.29, 1.82) is 0 Å². The van der Waals surface area contributed by atoms with Gasteiger partial charge in [0.05, 0.1) is 11.2 Å². The van der Waals surface area contributed by atoms with Crippen molar-refractivity contribution in [1.82, 2.24) is 5.32 Å². The summed E-state index contributed by atoms with van der Waals surface area (Å²) < 4.78 is 26.1. The molecule has 0 aliphatic carbocycles. The average molecular weight is 341 g/mol. The lowest BCUT2D eigenvalue weighted by molar-refractivity contribution is -0.323. The van der Waals surface area contributed by atoms with Crippen LogP contribution >= 0.6 is 0 Å². The highest BCUT2D eigenvalue weighted by Gasteiger charge is 2.52. The number of hydrogen-bond acceptors (Lipinski definition) is 6. The van der Waals surface area contributed by atoms with Gasteiger partial charge in [0.1, 0.15) is 5.82 Å². The summed E-state index contributed by atoms with van der Waals surface area (Å²) in [6.07, 6.45) is -3.37. The number of nitrogens with one attached hydrogen (secondary N) is 1. The van der Waals surface area contributed by atoms with Gasteiger partial charge in [0, 0.05) is 11.0 Å². The Kier molecular flexibility index (Phi) is 4.53. The van der Waals surface area contributed by atoms with E-state index in [0.717, 1.165) is 0 Å². The van der Waals surface area contributed by atoms with E-state index in [-0.39, 0.29) is 16.6 Å². The maximum absolute atomic E-state index is 14.5. The molecule has 1 aliphatic heterocycles. The van der Waals surface area contributed by atoms with Crippen molar-refractivity contribution in [2.45, 2.75) is 51.9 Å². The summed E-state index contributed by atoms with van der Waals surface area (Å²) in [5, 5.41) is 28.1. The van der Waals surface area contributed by atoms with Crippen molar-refractivity contribution >= 4 is 18.5 Å². The minimum atomic E-state index is -3.37. The fourth-order valence-electron chi connectivity index (χ4n) is 2.29. The quantitative estimate of drug-likeness (QED) is 0.446. The fourth-order valence-corrected chi connectivity index (χ4v) is 2.29. The van der Waals surface area contributed by atoms with Gasteiger partial charge < -0.3 is 24.6 Å². The fraction of sp³-hybridized carbons (Fsp3) is 0.533. The highest BCUT2D eigenvalue weighted by atomic mass is 19.1. The van der Waals surface area contributed by atoms with Gasteiger partial charge in [-0.1, -0.05) is 0 Å². The Labute approximate surface area is 139 Å². The molecule has 1 aromatic carbocycles. The van der Waals surface area contributed by atoms with E-state index in [0.29, 0.717) is 0 Å². The second-order valence-corrected chi connectivity index (χ2v) is 6.87. The zero-order chi connectivity index (χ0) is 18.5. The highest BCUT2D eigenvalue weighted by Crippen LogP contribution is 2.36. The SMILES string of the molecule is Cc1cc(C(=O)NC(O)(O)O)cc(B2OC(C)(C)C(C)(C)O2)c1F. The van der Waals surface area contributed by atoms with Crippen LogP contribution in [0.4, 0.5) is 4.39 Å². The first-order valence-electron chi connectivity index (χ1n) is 7.39. The van der Waals surface area contributed by atoms with Gasteiger partial charge in [0.2, 0.25) is 0 Å². The van der Waals surface area contributed by atoms with Crippen molar-refractivity contribution in [3.63, 3.8) is 0 Å². The molecule has 1 saturated heterocycles. The average Bonchev–Trinajstić information content (AvgIpc) is 2.59. The molecule has 7 nitrogen and oxygen atoms in total. The Hall–Kier alpha value is -1.52. The van der Waals surface area contributed by atoms with Crippen LogP contribution in [0.1, 0.15) is 43.6 Å². The number of carbonyl (C=O) groups is 1. The molecular weight excluding hydrogens is 320 g/mol. The van der Waals surface area contributed by atoms with Gasteiger partial charge in [0.25, 0.3) is 5.91 Å². The summed E-state index contributed by atoms with van der Waals surface area (Å²) in [6.45, 7) is 8.70. The van der Waals surface area contributed by atoms with Crippen molar-refractivity contribution in [2.75, 3.05) is 0 Å². The third-order valence-corrected chi connectivity index (χ3v) is 4.33. The van der Waals surface area contributed by atoms with E-state index in [1.165, 1.54) is 19.1 Å².